The fourth-order valence-electron chi connectivity index (χ4n) is 2.57. The normalized spacial score (nSPS) is 20.2. The smallest absolute Gasteiger partial charge is 0.324 e. The van der Waals surface area contributed by atoms with Gasteiger partial charge in [0.15, 0.2) is 0 Å². The summed E-state index contributed by atoms with van der Waals surface area (Å²) >= 11 is 5.89. The van der Waals surface area contributed by atoms with Crippen LogP contribution in [0.2, 0.25) is 5.02 Å². The molecule has 0 spiro atoms. The van der Waals surface area contributed by atoms with Crippen molar-refractivity contribution in [2.75, 3.05) is 0 Å². The van der Waals surface area contributed by atoms with Crippen LogP contribution in [-0.2, 0) is 4.79 Å². The van der Waals surface area contributed by atoms with Gasteiger partial charge in [-0.3, -0.25) is 4.79 Å². The zero-order valence-electron chi connectivity index (χ0n) is 11.9. The summed E-state index contributed by atoms with van der Waals surface area (Å²) in [5.74, 6) is -0.979. The van der Waals surface area contributed by atoms with E-state index in [1.807, 2.05) is 24.3 Å². The van der Waals surface area contributed by atoms with Crippen molar-refractivity contribution in [1.82, 2.24) is 16.4 Å². The number of nitrogens with one attached hydrogen (secondary N) is 3. The number of rotatable bonds is 3. The number of nitrogens with zero attached hydrogens (tertiary/aromatic N) is 1. The lowest BCUT2D eigenvalue weighted by molar-refractivity contribution is -0.139. The van der Waals surface area contributed by atoms with E-state index >= 15 is 0 Å². The van der Waals surface area contributed by atoms with Crippen molar-refractivity contribution in [2.24, 2.45) is 0 Å². The van der Waals surface area contributed by atoms with Gasteiger partial charge in [-0.15, -0.1) is 0 Å². The molecule has 1 aliphatic heterocycles. The number of carbonyl (C=O) groups is 1. The molecule has 0 amide bonds. The Labute approximate surface area is 137 Å². The van der Waals surface area contributed by atoms with E-state index in [4.69, 9.17) is 11.6 Å². The highest BCUT2D eigenvalue weighted by Crippen LogP contribution is 2.29. The van der Waals surface area contributed by atoms with Gasteiger partial charge < -0.3 is 5.11 Å². The van der Waals surface area contributed by atoms with Gasteiger partial charge in [-0.25, -0.2) is 10.9 Å². The maximum Gasteiger partial charge on any atom is 0.324 e. The first-order chi connectivity index (χ1) is 11.1. The number of hydrogen-bond donors (Lipinski definition) is 4. The number of nitriles is 1. The van der Waals surface area contributed by atoms with Gasteiger partial charge in [-0.1, -0.05) is 35.9 Å². The van der Waals surface area contributed by atoms with E-state index in [0.717, 1.165) is 11.1 Å². The molecule has 1 fully saturated rings. The minimum absolute atomic E-state index is 0.473. The highest BCUT2D eigenvalue weighted by molar-refractivity contribution is 6.30. The highest BCUT2D eigenvalue weighted by atomic mass is 35.5. The molecule has 0 aromatic heterocycles. The van der Waals surface area contributed by atoms with Crippen molar-refractivity contribution in [3.05, 3.63) is 58.6 Å². The second-order valence-electron chi connectivity index (χ2n) is 5.13. The summed E-state index contributed by atoms with van der Waals surface area (Å²) < 4.78 is 0. The predicted octanol–water partition coefficient (Wildman–Crippen LogP) is 1.99. The second kappa shape index (κ2) is 6.36. The number of hydrazine groups is 2. The predicted molar refractivity (Wildman–Crippen MR) is 85.2 cm³/mol. The molecular formula is C16H13ClN4O2. The molecule has 23 heavy (non-hydrogen) atoms. The van der Waals surface area contributed by atoms with E-state index in [0.29, 0.717) is 16.1 Å². The summed E-state index contributed by atoms with van der Waals surface area (Å²) in [5, 5.41) is 19.3. The van der Waals surface area contributed by atoms with Crippen LogP contribution in [-0.4, -0.2) is 17.1 Å². The van der Waals surface area contributed by atoms with Gasteiger partial charge in [0.25, 0.3) is 0 Å². The van der Waals surface area contributed by atoms with Crippen molar-refractivity contribution in [3.8, 4) is 17.2 Å². The summed E-state index contributed by atoms with van der Waals surface area (Å²) in [5.41, 5.74) is 10.9. The average Bonchev–Trinajstić information content (AvgIpc) is 3.05. The van der Waals surface area contributed by atoms with Crippen LogP contribution in [0.1, 0.15) is 17.2 Å². The minimum atomic E-state index is -0.979. The third-order valence-corrected chi connectivity index (χ3v) is 3.99. The van der Waals surface area contributed by atoms with Crippen molar-refractivity contribution in [1.29, 1.82) is 5.26 Å². The van der Waals surface area contributed by atoms with E-state index in [2.05, 4.69) is 22.5 Å². The van der Waals surface area contributed by atoms with Gasteiger partial charge >= 0.3 is 5.97 Å². The van der Waals surface area contributed by atoms with Crippen LogP contribution in [0.15, 0.2) is 42.5 Å². The Morgan fingerprint density at radius 3 is 2.57 bits per heavy atom. The molecular weight excluding hydrogens is 316 g/mol. The van der Waals surface area contributed by atoms with E-state index in [9.17, 15) is 15.2 Å². The molecule has 0 radical (unpaired) electrons. The van der Waals surface area contributed by atoms with Gasteiger partial charge in [0.2, 0.25) is 0 Å². The lowest BCUT2D eigenvalue weighted by Gasteiger charge is -2.16. The summed E-state index contributed by atoms with van der Waals surface area (Å²) in [6.07, 6.45) is 0. The summed E-state index contributed by atoms with van der Waals surface area (Å²) in [6, 6.07) is 13.4. The number of halogens is 1. The first kappa shape index (κ1) is 15.5. The molecule has 1 saturated heterocycles. The Kier molecular flexibility index (Phi) is 4.28. The van der Waals surface area contributed by atoms with Crippen molar-refractivity contribution < 1.29 is 9.90 Å². The third kappa shape index (κ3) is 3.04. The largest absolute Gasteiger partial charge is 0.480 e. The maximum atomic E-state index is 11.2. The number of benzene rings is 2. The summed E-state index contributed by atoms with van der Waals surface area (Å²) in [4.78, 5) is 11.2. The topological polar surface area (TPSA) is 97.2 Å². The van der Waals surface area contributed by atoms with Crippen molar-refractivity contribution >= 4 is 17.6 Å². The molecule has 0 aliphatic carbocycles. The van der Waals surface area contributed by atoms with Crippen LogP contribution in [0, 0.1) is 11.3 Å². The molecule has 2 aromatic rings. The Balaban J connectivity index is 1.99. The number of hydrogen-bond acceptors (Lipinski definition) is 5. The maximum absolute atomic E-state index is 11.2. The third-order valence-electron chi connectivity index (χ3n) is 3.73. The van der Waals surface area contributed by atoms with Gasteiger partial charge in [0, 0.05) is 5.02 Å². The van der Waals surface area contributed by atoms with Crippen LogP contribution in [0.25, 0.3) is 11.1 Å². The van der Waals surface area contributed by atoms with Crippen LogP contribution in [0.4, 0.5) is 0 Å². The number of carboxylic acids is 1. The number of aliphatic carboxylic acids is 1. The Hall–Kier alpha value is -2.43. The molecule has 2 aromatic carbocycles. The van der Waals surface area contributed by atoms with Crippen LogP contribution < -0.4 is 16.4 Å². The van der Waals surface area contributed by atoms with E-state index in [-0.39, 0.29) is 0 Å². The zero-order valence-corrected chi connectivity index (χ0v) is 12.6. The molecule has 1 aliphatic rings. The Bertz CT molecular complexity index is 786. The first-order valence-corrected chi connectivity index (χ1v) is 7.27. The molecule has 6 nitrogen and oxygen atoms in total. The fraction of sp³-hybridized carbons (Fsp3) is 0.125. The van der Waals surface area contributed by atoms with Crippen molar-refractivity contribution in [3.63, 3.8) is 0 Å². The molecule has 3 rings (SSSR count). The van der Waals surface area contributed by atoms with Gasteiger partial charge in [-0.2, -0.15) is 10.8 Å². The molecule has 2 atom stereocenters. The lowest BCUT2D eigenvalue weighted by Crippen LogP contribution is -2.38. The van der Waals surface area contributed by atoms with Crippen LogP contribution >= 0.6 is 11.6 Å². The van der Waals surface area contributed by atoms with Crippen molar-refractivity contribution in [2.45, 2.75) is 12.1 Å². The van der Waals surface area contributed by atoms with Gasteiger partial charge in [-0.05, 0) is 34.9 Å². The average molecular weight is 329 g/mol. The molecule has 1 heterocycles. The van der Waals surface area contributed by atoms with Gasteiger partial charge in [0.1, 0.15) is 6.04 Å². The van der Waals surface area contributed by atoms with Crippen LogP contribution in [0.3, 0.4) is 0 Å². The lowest BCUT2D eigenvalue weighted by atomic mass is 9.93. The second-order valence-corrected chi connectivity index (χ2v) is 5.57. The molecule has 2 unspecified atom stereocenters. The Morgan fingerprint density at radius 1 is 1.17 bits per heavy atom. The van der Waals surface area contributed by atoms with E-state index in [1.165, 1.54) is 0 Å². The minimum Gasteiger partial charge on any atom is -0.480 e. The summed E-state index contributed by atoms with van der Waals surface area (Å²) in [6.45, 7) is 0. The highest BCUT2D eigenvalue weighted by Gasteiger charge is 2.34. The van der Waals surface area contributed by atoms with Gasteiger partial charge in [0.05, 0.1) is 17.7 Å². The first-order valence-electron chi connectivity index (χ1n) is 6.89. The standard InChI is InChI=1S/C16H13ClN4O2/c17-12-4-1-9(2-5-12)13-6-3-10(7-11(13)8-18)14-15(16(22)23)20-21-19-14/h1-7,14-15,19-21H,(H,22,23). The quantitative estimate of drug-likeness (QED) is 0.688. The molecule has 7 heteroatoms. The molecule has 0 saturated carbocycles. The number of carboxylic acid groups (broad SMARTS) is 1. The molecule has 116 valence electrons. The Morgan fingerprint density at radius 2 is 1.91 bits per heavy atom. The SMILES string of the molecule is N#Cc1cc(C2NNNC2C(=O)O)ccc1-c1ccc(Cl)cc1. The monoisotopic (exact) mass is 328 g/mol. The zero-order chi connectivity index (χ0) is 16.4. The molecule has 0 bridgehead atoms. The van der Waals surface area contributed by atoms with E-state index in [1.54, 1.807) is 18.2 Å². The fourth-order valence-corrected chi connectivity index (χ4v) is 2.70. The molecule has 4 N–H and O–H groups in total. The van der Waals surface area contributed by atoms with E-state index < -0.39 is 18.1 Å². The summed E-state index contributed by atoms with van der Waals surface area (Å²) in [7, 11) is 0. The van der Waals surface area contributed by atoms with Crippen LogP contribution in [0.5, 0.6) is 0 Å².